The quantitative estimate of drug-likeness (QED) is 0.797. The third-order valence-electron chi connectivity index (χ3n) is 3.53. The van der Waals surface area contributed by atoms with Crippen molar-refractivity contribution in [2.24, 2.45) is 0 Å². The molecule has 2 heterocycles. The second kappa shape index (κ2) is 4.35. The number of fused-ring (bicyclic) bond motifs is 1. The first kappa shape index (κ1) is 10.6. The fourth-order valence-electron chi connectivity index (χ4n) is 2.54. The van der Waals surface area contributed by atoms with Crippen LogP contribution in [0.3, 0.4) is 0 Å². The predicted octanol–water partition coefficient (Wildman–Crippen LogP) is 2.79. The molecule has 1 fully saturated rings. The van der Waals surface area contributed by atoms with E-state index < -0.39 is 0 Å². The molecule has 17 heavy (non-hydrogen) atoms. The summed E-state index contributed by atoms with van der Waals surface area (Å²) in [5.41, 5.74) is 0.909. The monoisotopic (exact) mass is 231 g/mol. The third-order valence-corrected chi connectivity index (χ3v) is 3.53. The third kappa shape index (κ3) is 1.99. The van der Waals surface area contributed by atoms with Crippen LogP contribution in [0, 0.1) is 0 Å². The van der Waals surface area contributed by atoms with E-state index in [1.807, 2.05) is 22.8 Å². The van der Waals surface area contributed by atoms with E-state index in [0.717, 1.165) is 17.2 Å². The van der Waals surface area contributed by atoms with Crippen molar-refractivity contribution in [3.05, 3.63) is 24.2 Å². The highest BCUT2D eigenvalue weighted by Gasteiger charge is 2.19. The average Bonchev–Trinajstić information content (AvgIpc) is 2.82. The molecule has 0 unspecified atom stereocenters. The Labute approximate surface area is 101 Å². The van der Waals surface area contributed by atoms with Crippen LogP contribution in [0.1, 0.15) is 43.8 Å². The van der Waals surface area contributed by atoms with Gasteiger partial charge in [-0.15, -0.1) is 0 Å². The molecule has 2 aromatic rings. The zero-order valence-corrected chi connectivity index (χ0v) is 10.1. The van der Waals surface area contributed by atoms with E-state index in [1.165, 1.54) is 32.1 Å². The lowest BCUT2D eigenvalue weighted by Gasteiger charge is -2.17. The maximum atomic E-state index is 5.19. The Bertz CT molecular complexity index is 514. The summed E-state index contributed by atoms with van der Waals surface area (Å²) in [5.74, 6) is 2.37. The van der Waals surface area contributed by atoms with E-state index in [-0.39, 0.29) is 0 Å². The molecule has 0 amide bonds. The van der Waals surface area contributed by atoms with Crippen LogP contribution in [-0.2, 0) is 0 Å². The number of nitrogens with zero attached hydrogens (tertiary/aromatic N) is 3. The molecule has 0 aromatic carbocycles. The van der Waals surface area contributed by atoms with E-state index in [4.69, 9.17) is 4.74 Å². The molecule has 0 spiro atoms. The Balaban J connectivity index is 1.95. The summed E-state index contributed by atoms with van der Waals surface area (Å²) in [4.78, 5) is 4.61. The molecule has 0 bridgehead atoms. The molecule has 1 saturated carbocycles. The molecule has 0 atom stereocenters. The van der Waals surface area contributed by atoms with Gasteiger partial charge in [0.15, 0.2) is 11.5 Å². The number of hydrogen-bond donors (Lipinski definition) is 0. The fraction of sp³-hybridized carbons (Fsp3) is 0.538. The van der Waals surface area contributed by atoms with E-state index in [2.05, 4.69) is 10.1 Å². The summed E-state index contributed by atoms with van der Waals surface area (Å²) in [6.07, 6.45) is 8.32. The van der Waals surface area contributed by atoms with Crippen molar-refractivity contribution >= 4 is 5.65 Å². The molecule has 2 aromatic heterocycles. The topological polar surface area (TPSA) is 39.4 Å². The van der Waals surface area contributed by atoms with Gasteiger partial charge in [-0.3, -0.25) is 0 Å². The van der Waals surface area contributed by atoms with Crippen molar-refractivity contribution in [3.8, 4) is 5.75 Å². The molecule has 0 aliphatic heterocycles. The zero-order valence-electron chi connectivity index (χ0n) is 10.1. The lowest BCUT2D eigenvalue weighted by Crippen LogP contribution is -2.06. The highest BCUT2D eigenvalue weighted by molar-refractivity contribution is 5.40. The number of ether oxygens (including phenoxy) is 1. The van der Waals surface area contributed by atoms with Crippen LogP contribution in [0.2, 0.25) is 0 Å². The molecule has 4 heteroatoms. The van der Waals surface area contributed by atoms with Crippen LogP contribution in [0.4, 0.5) is 0 Å². The Hall–Kier alpha value is -1.58. The van der Waals surface area contributed by atoms with Crippen molar-refractivity contribution in [2.45, 2.75) is 38.0 Å². The molecule has 4 nitrogen and oxygen atoms in total. The lowest BCUT2D eigenvalue weighted by atomic mass is 9.89. The molecule has 3 rings (SSSR count). The van der Waals surface area contributed by atoms with Gasteiger partial charge in [0, 0.05) is 5.92 Å². The first-order valence-electron chi connectivity index (χ1n) is 6.27. The standard InChI is InChI=1S/C13H17N3O/c1-17-11-7-8-12-14-13(15-16(12)9-11)10-5-3-2-4-6-10/h7-10H,2-6H2,1H3. The highest BCUT2D eigenvalue weighted by Crippen LogP contribution is 2.30. The van der Waals surface area contributed by atoms with Gasteiger partial charge in [-0.05, 0) is 25.0 Å². The summed E-state index contributed by atoms with van der Waals surface area (Å²) in [6, 6.07) is 3.88. The Morgan fingerprint density at radius 2 is 2.06 bits per heavy atom. The Kier molecular flexibility index (Phi) is 2.71. The minimum Gasteiger partial charge on any atom is -0.495 e. The van der Waals surface area contributed by atoms with E-state index in [1.54, 1.807) is 7.11 Å². The minimum atomic E-state index is 0.551. The van der Waals surface area contributed by atoms with Gasteiger partial charge < -0.3 is 4.74 Å². The van der Waals surface area contributed by atoms with Gasteiger partial charge in [-0.25, -0.2) is 9.50 Å². The van der Waals surface area contributed by atoms with Crippen molar-refractivity contribution < 1.29 is 4.74 Å². The average molecular weight is 231 g/mol. The van der Waals surface area contributed by atoms with Crippen molar-refractivity contribution in [3.63, 3.8) is 0 Å². The fourth-order valence-corrected chi connectivity index (χ4v) is 2.54. The summed E-state index contributed by atoms with van der Waals surface area (Å²) in [5, 5.41) is 4.57. The number of methoxy groups -OCH3 is 1. The van der Waals surface area contributed by atoms with Crippen LogP contribution in [0.5, 0.6) is 5.75 Å². The van der Waals surface area contributed by atoms with Gasteiger partial charge >= 0.3 is 0 Å². The van der Waals surface area contributed by atoms with Crippen LogP contribution in [0.15, 0.2) is 18.3 Å². The second-order valence-electron chi connectivity index (χ2n) is 4.68. The van der Waals surface area contributed by atoms with Gasteiger partial charge in [0.2, 0.25) is 0 Å². The number of hydrogen-bond acceptors (Lipinski definition) is 3. The van der Waals surface area contributed by atoms with E-state index in [9.17, 15) is 0 Å². The predicted molar refractivity (Wildman–Crippen MR) is 65.4 cm³/mol. The SMILES string of the molecule is COc1ccc2nc(C3CCCCC3)nn2c1. The first-order valence-corrected chi connectivity index (χ1v) is 6.27. The molecular weight excluding hydrogens is 214 g/mol. The Morgan fingerprint density at radius 3 is 2.82 bits per heavy atom. The molecule has 1 aliphatic carbocycles. The van der Waals surface area contributed by atoms with Crippen molar-refractivity contribution in [1.29, 1.82) is 0 Å². The van der Waals surface area contributed by atoms with Crippen LogP contribution in [0.25, 0.3) is 5.65 Å². The van der Waals surface area contributed by atoms with Gasteiger partial charge in [0.1, 0.15) is 5.75 Å². The van der Waals surface area contributed by atoms with Gasteiger partial charge in [0.05, 0.1) is 13.3 Å². The summed E-state index contributed by atoms with van der Waals surface area (Å²) in [6.45, 7) is 0. The first-order chi connectivity index (χ1) is 8.36. The van der Waals surface area contributed by atoms with Crippen molar-refractivity contribution in [1.82, 2.24) is 14.6 Å². The summed E-state index contributed by atoms with van der Waals surface area (Å²) in [7, 11) is 1.67. The molecule has 0 radical (unpaired) electrons. The normalized spacial score (nSPS) is 17.5. The van der Waals surface area contributed by atoms with Gasteiger partial charge in [0.25, 0.3) is 0 Å². The van der Waals surface area contributed by atoms with Gasteiger partial charge in [-0.1, -0.05) is 19.3 Å². The van der Waals surface area contributed by atoms with E-state index in [0.29, 0.717) is 5.92 Å². The lowest BCUT2D eigenvalue weighted by molar-refractivity contribution is 0.411. The summed E-state index contributed by atoms with van der Waals surface area (Å²) >= 11 is 0. The molecular formula is C13H17N3O. The van der Waals surface area contributed by atoms with Crippen LogP contribution in [-0.4, -0.2) is 21.7 Å². The maximum Gasteiger partial charge on any atom is 0.155 e. The number of aromatic nitrogens is 3. The van der Waals surface area contributed by atoms with Crippen molar-refractivity contribution in [2.75, 3.05) is 7.11 Å². The summed E-state index contributed by atoms with van der Waals surface area (Å²) < 4.78 is 7.01. The number of pyridine rings is 1. The smallest absolute Gasteiger partial charge is 0.155 e. The Morgan fingerprint density at radius 1 is 1.24 bits per heavy atom. The molecule has 90 valence electrons. The molecule has 0 N–H and O–H groups in total. The van der Waals surface area contributed by atoms with Gasteiger partial charge in [-0.2, -0.15) is 5.10 Å². The molecule has 1 aliphatic rings. The second-order valence-corrected chi connectivity index (χ2v) is 4.68. The highest BCUT2D eigenvalue weighted by atomic mass is 16.5. The van der Waals surface area contributed by atoms with E-state index >= 15 is 0 Å². The largest absolute Gasteiger partial charge is 0.495 e. The number of rotatable bonds is 2. The zero-order chi connectivity index (χ0) is 11.7. The minimum absolute atomic E-state index is 0.551. The molecule has 0 saturated heterocycles. The van der Waals surface area contributed by atoms with Crippen LogP contribution < -0.4 is 4.74 Å². The maximum absolute atomic E-state index is 5.19. The van der Waals surface area contributed by atoms with Crippen LogP contribution >= 0.6 is 0 Å².